The molecule has 2 aromatic rings. The van der Waals surface area contributed by atoms with Gasteiger partial charge in [-0.25, -0.2) is 0 Å². The molecule has 3 rings (SSSR count). The molecule has 1 aromatic carbocycles. The fraction of sp³-hybridized carbons (Fsp3) is 0.474. The van der Waals surface area contributed by atoms with Crippen molar-refractivity contribution in [2.24, 2.45) is 0 Å². The van der Waals surface area contributed by atoms with Crippen molar-refractivity contribution >= 4 is 17.5 Å². The molecule has 0 spiro atoms. The van der Waals surface area contributed by atoms with Gasteiger partial charge in [-0.1, -0.05) is 36.6 Å². The van der Waals surface area contributed by atoms with E-state index in [1.165, 1.54) is 0 Å². The van der Waals surface area contributed by atoms with Gasteiger partial charge in [0, 0.05) is 24.0 Å². The Balaban J connectivity index is 1.47. The molecular weight excluding hydrogens is 338 g/mol. The lowest BCUT2D eigenvalue weighted by atomic mass is 9.78. The molecule has 1 amide bonds. The summed E-state index contributed by atoms with van der Waals surface area (Å²) < 4.78 is 7.41. The van der Waals surface area contributed by atoms with Crippen LogP contribution in [-0.2, 0) is 21.5 Å². The largest absolute Gasteiger partial charge is 0.378 e. The van der Waals surface area contributed by atoms with Crippen LogP contribution in [0, 0.1) is 0 Å². The van der Waals surface area contributed by atoms with Crippen LogP contribution in [0.1, 0.15) is 31.2 Å². The minimum absolute atomic E-state index is 0.1000. The summed E-state index contributed by atoms with van der Waals surface area (Å²) >= 11 is 5.99. The maximum absolute atomic E-state index is 12.9. The van der Waals surface area contributed by atoms with Gasteiger partial charge in [0.1, 0.15) is 0 Å². The van der Waals surface area contributed by atoms with Crippen LogP contribution in [0.15, 0.2) is 42.7 Å². The monoisotopic (exact) mass is 361 g/mol. The molecule has 1 aromatic heterocycles. The van der Waals surface area contributed by atoms with E-state index in [4.69, 9.17) is 16.3 Å². The molecule has 0 radical (unpaired) electrons. The smallest absolute Gasteiger partial charge is 0.230 e. The summed E-state index contributed by atoms with van der Waals surface area (Å²) in [7, 11) is 0. The fourth-order valence-corrected chi connectivity index (χ4v) is 3.62. The molecule has 5 nitrogen and oxygen atoms in total. The first-order valence-electron chi connectivity index (χ1n) is 8.80. The molecule has 1 fully saturated rings. The molecule has 0 unspecified atom stereocenters. The summed E-state index contributed by atoms with van der Waals surface area (Å²) in [5.41, 5.74) is 0.645. The van der Waals surface area contributed by atoms with E-state index in [9.17, 15) is 4.79 Å². The molecule has 0 bridgehead atoms. The summed E-state index contributed by atoms with van der Waals surface area (Å²) in [6.07, 6.45) is 7.59. The van der Waals surface area contributed by atoms with E-state index in [1.807, 2.05) is 41.2 Å². The third-order valence-electron chi connectivity index (χ3n) is 4.84. The van der Waals surface area contributed by atoms with Crippen LogP contribution in [0.25, 0.3) is 0 Å². The Morgan fingerprint density at radius 1 is 1.24 bits per heavy atom. The topological polar surface area (TPSA) is 56.1 Å². The van der Waals surface area contributed by atoms with Crippen LogP contribution in [0.3, 0.4) is 0 Å². The Morgan fingerprint density at radius 3 is 2.68 bits per heavy atom. The molecule has 0 saturated heterocycles. The zero-order valence-electron chi connectivity index (χ0n) is 14.3. The molecule has 134 valence electrons. The lowest BCUT2D eigenvalue weighted by Crippen LogP contribution is -2.43. The normalized spacial score (nSPS) is 16.0. The Hall–Kier alpha value is -1.85. The lowest BCUT2D eigenvalue weighted by Gasteiger charge is -2.28. The Labute approximate surface area is 153 Å². The number of nitrogens with zero attached hydrogens (tertiary/aromatic N) is 2. The van der Waals surface area contributed by atoms with Gasteiger partial charge in [0.15, 0.2) is 0 Å². The predicted octanol–water partition coefficient (Wildman–Crippen LogP) is 3.18. The van der Waals surface area contributed by atoms with Crippen LogP contribution < -0.4 is 5.32 Å². The van der Waals surface area contributed by atoms with Crippen LogP contribution in [0.5, 0.6) is 0 Å². The van der Waals surface area contributed by atoms with Crippen molar-refractivity contribution < 1.29 is 9.53 Å². The first kappa shape index (κ1) is 18.0. The van der Waals surface area contributed by atoms with E-state index in [0.717, 1.165) is 37.8 Å². The summed E-state index contributed by atoms with van der Waals surface area (Å²) in [6, 6.07) is 9.57. The van der Waals surface area contributed by atoms with Gasteiger partial charge in [-0.15, -0.1) is 0 Å². The van der Waals surface area contributed by atoms with Gasteiger partial charge < -0.3 is 10.1 Å². The molecule has 1 aliphatic rings. The average Bonchev–Trinajstić information content (AvgIpc) is 3.30. The number of carbonyl (C=O) groups excluding carboxylic acids is 1. The number of nitrogens with one attached hydrogen (secondary N) is 1. The van der Waals surface area contributed by atoms with Crippen LogP contribution >= 0.6 is 11.6 Å². The van der Waals surface area contributed by atoms with E-state index < -0.39 is 5.41 Å². The maximum atomic E-state index is 12.9. The van der Waals surface area contributed by atoms with Crippen molar-refractivity contribution in [2.75, 3.05) is 19.8 Å². The van der Waals surface area contributed by atoms with Crippen molar-refractivity contribution in [3.05, 3.63) is 53.3 Å². The van der Waals surface area contributed by atoms with Gasteiger partial charge >= 0.3 is 0 Å². The minimum Gasteiger partial charge on any atom is -0.378 e. The molecule has 0 atom stereocenters. The van der Waals surface area contributed by atoms with Gasteiger partial charge in [0.2, 0.25) is 5.91 Å². The first-order chi connectivity index (χ1) is 12.2. The highest BCUT2D eigenvalue weighted by Gasteiger charge is 2.42. The van der Waals surface area contributed by atoms with E-state index in [2.05, 4.69) is 10.4 Å². The molecule has 1 aliphatic carbocycles. The van der Waals surface area contributed by atoms with E-state index in [1.54, 1.807) is 6.20 Å². The molecule has 1 heterocycles. The van der Waals surface area contributed by atoms with E-state index >= 15 is 0 Å². The summed E-state index contributed by atoms with van der Waals surface area (Å²) in [4.78, 5) is 12.9. The third kappa shape index (κ3) is 4.41. The van der Waals surface area contributed by atoms with Crippen molar-refractivity contribution in [1.82, 2.24) is 15.1 Å². The Morgan fingerprint density at radius 2 is 2.00 bits per heavy atom. The van der Waals surface area contributed by atoms with Gasteiger partial charge in [-0.2, -0.15) is 5.10 Å². The van der Waals surface area contributed by atoms with Gasteiger partial charge in [0.05, 0.1) is 25.2 Å². The Kier molecular flexibility index (Phi) is 6.10. The summed E-state index contributed by atoms with van der Waals surface area (Å²) in [5, 5.41) is 7.87. The van der Waals surface area contributed by atoms with Gasteiger partial charge in [-0.3, -0.25) is 9.48 Å². The zero-order chi connectivity index (χ0) is 17.5. The van der Waals surface area contributed by atoms with Gasteiger partial charge in [0.25, 0.3) is 0 Å². The third-order valence-corrected chi connectivity index (χ3v) is 5.10. The number of halogens is 1. The van der Waals surface area contributed by atoms with E-state index in [-0.39, 0.29) is 5.91 Å². The Bertz CT molecular complexity index is 664. The lowest BCUT2D eigenvalue weighted by molar-refractivity contribution is -0.126. The number of aromatic nitrogens is 2. The number of amides is 1. The van der Waals surface area contributed by atoms with Crippen molar-refractivity contribution in [3.8, 4) is 0 Å². The fourth-order valence-electron chi connectivity index (χ4n) is 3.49. The van der Waals surface area contributed by atoms with Gasteiger partial charge in [-0.05, 0) is 36.6 Å². The second-order valence-electron chi connectivity index (χ2n) is 6.43. The molecular formula is C19H24ClN3O2. The number of hydrogen-bond donors (Lipinski definition) is 1. The van der Waals surface area contributed by atoms with Crippen molar-refractivity contribution in [1.29, 1.82) is 0 Å². The predicted molar refractivity (Wildman–Crippen MR) is 97.7 cm³/mol. The maximum Gasteiger partial charge on any atom is 0.230 e. The second kappa shape index (κ2) is 8.50. The molecule has 6 heteroatoms. The number of benzene rings is 1. The standard InChI is InChI=1S/C19H24ClN3O2/c20-17-6-4-16(5-7-17)19(8-1-2-9-19)18(24)21-11-14-25-15-13-23-12-3-10-22-23/h3-7,10,12H,1-2,8-9,11,13-15H2,(H,21,24). The zero-order valence-corrected chi connectivity index (χ0v) is 15.0. The minimum atomic E-state index is -0.417. The van der Waals surface area contributed by atoms with E-state index in [0.29, 0.717) is 24.8 Å². The van der Waals surface area contributed by atoms with Crippen LogP contribution in [0.2, 0.25) is 5.02 Å². The second-order valence-corrected chi connectivity index (χ2v) is 6.87. The SMILES string of the molecule is O=C(NCCOCCn1cccn1)C1(c2ccc(Cl)cc2)CCCC1. The van der Waals surface area contributed by atoms with Crippen LogP contribution in [-0.4, -0.2) is 35.4 Å². The number of carbonyl (C=O) groups is 1. The van der Waals surface area contributed by atoms with Crippen molar-refractivity contribution in [3.63, 3.8) is 0 Å². The summed E-state index contributed by atoms with van der Waals surface area (Å²) in [6.45, 7) is 2.33. The molecule has 25 heavy (non-hydrogen) atoms. The molecule has 0 aliphatic heterocycles. The first-order valence-corrected chi connectivity index (χ1v) is 9.18. The van der Waals surface area contributed by atoms with Crippen LogP contribution in [0.4, 0.5) is 0 Å². The van der Waals surface area contributed by atoms with Crippen molar-refractivity contribution in [2.45, 2.75) is 37.6 Å². The number of hydrogen-bond acceptors (Lipinski definition) is 3. The summed E-state index contributed by atoms with van der Waals surface area (Å²) in [5.74, 6) is 0.1000. The number of rotatable bonds is 8. The quantitative estimate of drug-likeness (QED) is 0.735. The molecule has 1 N–H and O–H groups in total. The average molecular weight is 362 g/mol. The number of ether oxygens (including phenoxy) is 1. The highest BCUT2D eigenvalue weighted by molar-refractivity contribution is 6.30. The highest BCUT2D eigenvalue weighted by atomic mass is 35.5. The molecule has 1 saturated carbocycles. The highest BCUT2D eigenvalue weighted by Crippen LogP contribution is 2.41.